The van der Waals surface area contributed by atoms with E-state index in [1.54, 1.807) is 30.6 Å². The molecule has 8 nitrogen and oxygen atoms in total. The van der Waals surface area contributed by atoms with Crippen molar-refractivity contribution in [1.29, 1.82) is 0 Å². The minimum atomic E-state index is -3.82. The zero-order valence-electron chi connectivity index (χ0n) is 17.2. The predicted octanol–water partition coefficient (Wildman–Crippen LogP) is 3.07. The first kappa shape index (κ1) is 22.8. The number of alkyl halides is 3. The number of nitrogens with one attached hydrogen (secondary N) is 1. The number of rotatable bonds is 6. The molecule has 2 atom stereocenters. The Hall–Kier alpha value is -3.34. The predicted molar refractivity (Wildman–Crippen MR) is 119 cm³/mol. The molecule has 0 spiro atoms. The molecule has 0 saturated carbocycles. The molecule has 1 aliphatic rings. The van der Waals surface area contributed by atoms with E-state index in [4.69, 9.17) is 17.3 Å². The molecule has 2 heterocycles. The van der Waals surface area contributed by atoms with Crippen molar-refractivity contribution < 1.29 is 23.4 Å². The van der Waals surface area contributed by atoms with Crippen molar-refractivity contribution in [2.45, 2.75) is 17.7 Å². The van der Waals surface area contributed by atoms with Crippen LogP contribution in [0.1, 0.15) is 10.4 Å². The Bertz CT molecular complexity index is 1120. The Labute approximate surface area is 193 Å². The van der Waals surface area contributed by atoms with Crippen molar-refractivity contribution in [2.75, 3.05) is 23.3 Å². The summed E-state index contributed by atoms with van der Waals surface area (Å²) in [6.45, 7) is 0.826. The molecule has 4 N–H and O–H groups in total. The average molecular weight is 476 g/mol. The number of hydrogen-bond donors (Lipinski definition) is 3. The number of benzene rings is 2. The third-order valence-electron chi connectivity index (χ3n) is 5.15. The molecule has 1 saturated heterocycles. The number of nitrogens with two attached hydrogens (primary N) is 1. The van der Waals surface area contributed by atoms with E-state index in [-0.39, 0.29) is 11.8 Å². The van der Waals surface area contributed by atoms with Gasteiger partial charge in [-0.3, -0.25) is 4.79 Å². The van der Waals surface area contributed by atoms with E-state index in [2.05, 4.69) is 20.0 Å². The fourth-order valence-electron chi connectivity index (χ4n) is 3.57. The number of anilines is 2. The van der Waals surface area contributed by atoms with Crippen molar-refractivity contribution in [1.82, 2.24) is 9.97 Å². The fourth-order valence-corrected chi connectivity index (χ4v) is 3.66. The Morgan fingerprint density at radius 3 is 2.48 bits per heavy atom. The summed E-state index contributed by atoms with van der Waals surface area (Å²) in [6, 6.07) is 10.1. The van der Waals surface area contributed by atoms with Gasteiger partial charge in [0.25, 0.3) is 5.91 Å². The van der Waals surface area contributed by atoms with Crippen LogP contribution in [0.3, 0.4) is 0 Å². The van der Waals surface area contributed by atoms with Gasteiger partial charge >= 0.3 is 5.57 Å². The molecular formula is C22H20ClF2N5O3. The van der Waals surface area contributed by atoms with Gasteiger partial charge in [0.05, 0.1) is 6.10 Å². The molecule has 1 amide bonds. The number of aliphatic hydroxyl groups excluding tert-OH is 1. The lowest BCUT2D eigenvalue weighted by atomic mass is 10.0. The van der Waals surface area contributed by atoms with E-state index in [9.17, 15) is 18.7 Å². The standard InChI is InChI=1S/C22H20ClF2N5O3/c23-22(24,25)33-16-4-2-15(3-5-16)29-21(32)13-1-6-19(30-10-18(26)20(31)11-30)17(7-13)14-8-27-12-28-9-14/h1-9,12,18,20,31H,10-11,26H2,(H,29,32)/t18-,20-/m0/s1. The van der Waals surface area contributed by atoms with Crippen molar-refractivity contribution >= 4 is 28.9 Å². The van der Waals surface area contributed by atoms with Crippen LogP contribution in [0, 0.1) is 0 Å². The summed E-state index contributed by atoms with van der Waals surface area (Å²) in [4.78, 5) is 22.9. The summed E-state index contributed by atoms with van der Waals surface area (Å²) >= 11 is 4.75. The van der Waals surface area contributed by atoms with Gasteiger partial charge in [0.15, 0.2) is 0 Å². The van der Waals surface area contributed by atoms with Gasteiger partial charge in [-0.15, -0.1) is 8.78 Å². The van der Waals surface area contributed by atoms with Crippen molar-refractivity contribution in [3.05, 3.63) is 66.7 Å². The molecule has 1 aromatic heterocycles. The minimum Gasteiger partial charge on any atom is -0.420 e. The maximum absolute atomic E-state index is 12.9. The van der Waals surface area contributed by atoms with Crippen molar-refractivity contribution in [3.8, 4) is 16.9 Å². The van der Waals surface area contributed by atoms with Gasteiger partial charge in [-0.1, -0.05) is 0 Å². The third kappa shape index (κ3) is 5.54. The number of amides is 1. The van der Waals surface area contributed by atoms with Crippen molar-refractivity contribution in [2.24, 2.45) is 5.73 Å². The maximum atomic E-state index is 12.9. The first-order valence-corrected chi connectivity index (χ1v) is 10.3. The Morgan fingerprint density at radius 1 is 1.18 bits per heavy atom. The minimum absolute atomic E-state index is 0.144. The molecule has 172 valence electrons. The smallest absolute Gasteiger partial charge is 0.420 e. The molecule has 11 heteroatoms. The molecule has 2 aromatic carbocycles. The molecule has 0 radical (unpaired) electrons. The zero-order chi connectivity index (χ0) is 23.6. The summed E-state index contributed by atoms with van der Waals surface area (Å²) in [5.74, 6) is -0.552. The lowest BCUT2D eigenvalue weighted by molar-refractivity contribution is -0.0964. The van der Waals surface area contributed by atoms with Crippen LogP contribution in [0.25, 0.3) is 11.1 Å². The number of carbonyl (C=O) groups excluding carboxylic acids is 1. The average Bonchev–Trinajstić information content (AvgIpc) is 3.12. The molecule has 0 unspecified atom stereocenters. The summed E-state index contributed by atoms with van der Waals surface area (Å²) in [6.07, 6.45) is 4.01. The summed E-state index contributed by atoms with van der Waals surface area (Å²) in [5.41, 5.74) is 5.07. The van der Waals surface area contributed by atoms with Crippen LogP contribution >= 0.6 is 11.6 Å². The summed E-state index contributed by atoms with van der Waals surface area (Å²) in [5, 5.41) is 12.8. The number of aromatic nitrogens is 2. The van der Waals surface area contributed by atoms with Gasteiger partial charge in [-0.05, 0) is 42.5 Å². The van der Waals surface area contributed by atoms with E-state index < -0.39 is 17.6 Å². The fraction of sp³-hybridized carbons (Fsp3) is 0.227. The number of halogens is 3. The highest BCUT2D eigenvalue weighted by Crippen LogP contribution is 2.33. The van der Waals surface area contributed by atoms with E-state index in [1.807, 2.05) is 4.90 Å². The first-order valence-electron chi connectivity index (χ1n) is 9.95. The lowest BCUT2D eigenvalue weighted by Gasteiger charge is -2.22. The maximum Gasteiger partial charge on any atom is 0.487 e. The van der Waals surface area contributed by atoms with E-state index >= 15 is 0 Å². The van der Waals surface area contributed by atoms with Gasteiger partial charge in [-0.2, -0.15) is 0 Å². The van der Waals surface area contributed by atoms with Crippen LogP contribution in [-0.2, 0) is 0 Å². The topological polar surface area (TPSA) is 114 Å². The van der Waals surface area contributed by atoms with Gasteiger partial charge < -0.3 is 25.8 Å². The van der Waals surface area contributed by atoms with E-state index in [0.29, 0.717) is 35.5 Å². The molecule has 33 heavy (non-hydrogen) atoms. The van der Waals surface area contributed by atoms with Crippen LogP contribution in [0.5, 0.6) is 5.75 Å². The zero-order valence-corrected chi connectivity index (χ0v) is 17.9. The second-order valence-corrected chi connectivity index (χ2v) is 7.96. The van der Waals surface area contributed by atoms with Crippen LogP contribution in [0.2, 0.25) is 0 Å². The molecule has 1 aliphatic heterocycles. The second-order valence-electron chi connectivity index (χ2n) is 7.52. The molecule has 0 bridgehead atoms. The summed E-state index contributed by atoms with van der Waals surface area (Å²) in [7, 11) is 0. The number of nitrogens with zero attached hydrogens (tertiary/aromatic N) is 3. The highest BCUT2D eigenvalue weighted by molar-refractivity contribution is 6.20. The van der Waals surface area contributed by atoms with Gasteiger partial charge in [0.1, 0.15) is 12.1 Å². The van der Waals surface area contributed by atoms with Gasteiger partial charge in [0, 0.05) is 71.2 Å². The van der Waals surface area contributed by atoms with Gasteiger partial charge in [-0.25, -0.2) is 9.97 Å². The summed E-state index contributed by atoms with van der Waals surface area (Å²) < 4.78 is 29.8. The van der Waals surface area contributed by atoms with E-state index in [1.165, 1.54) is 30.6 Å². The van der Waals surface area contributed by atoms with Crippen molar-refractivity contribution in [3.63, 3.8) is 0 Å². The van der Waals surface area contributed by atoms with Gasteiger partial charge in [0.2, 0.25) is 0 Å². The number of carbonyl (C=O) groups is 1. The molecule has 0 aliphatic carbocycles. The monoisotopic (exact) mass is 475 g/mol. The molecular weight excluding hydrogens is 456 g/mol. The molecule has 3 aromatic rings. The largest absolute Gasteiger partial charge is 0.487 e. The van der Waals surface area contributed by atoms with Crippen LogP contribution in [0.15, 0.2) is 61.2 Å². The highest BCUT2D eigenvalue weighted by atomic mass is 35.5. The third-order valence-corrected chi connectivity index (χ3v) is 5.23. The Morgan fingerprint density at radius 2 is 1.88 bits per heavy atom. The van der Waals surface area contributed by atoms with E-state index in [0.717, 1.165) is 5.69 Å². The number of hydrogen-bond acceptors (Lipinski definition) is 7. The number of β-amino-alcohol motifs (C(OH)–C–C–N with tert-alkyl or cyclic N) is 1. The Kier molecular flexibility index (Phi) is 6.41. The molecule has 4 rings (SSSR count). The molecule has 1 fully saturated rings. The van der Waals surface area contributed by atoms with Crippen LogP contribution in [0.4, 0.5) is 20.2 Å². The lowest BCUT2D eigenvalue weighted by Crippen LogP contribution is -2.32. The highest BCUT2D eigenvalue weighted by Gasteiger charge is 2.30. The number of aliphatic hydroxyl groups is 1. The number of ether oxygens (including phenoxy) is 1. The normalized spacial score (nSPS) is 18.3. The SMILES string of the molecule is N[C@H]1CN(c2ccc(C(=O)Nc3ccc(OC(F)(F)Cl)cc3)cc2-c2cncnc2)C[C@@H]1O. The van der Waals surface area contributed by atoms with Crippen LogP contribution in [-0.4, -0.2) is 51.8 Å². The second kappa shape index (κ2) is 9.26. The Balaban J connectivity index is 1.58. The first-order chi connectivity index (χ1) is 15.7. The van der Waals surface area contributed by atoms with Crippen LogP contribution < -0.4 is 20.7 Å². The quantitative estimate of drug-likeness (QED) is 0.469.